The van der Waals surface area contributed by atoms with E-state index in [9.17, 15) is 0 Å². The van der Waals surface area contributed by atoms with Crippen molar-refractivity contribution in [1.29, 1.82) is 0 Å². The van der Waals surface area contributed by atoms with E-state index in [0.717, 1.165) is 23.8 Å². The van der Waals surface area contributed by atoms with Gasteiger partial charge in [0.25, 0.3) is 0 Å². The van der Waals surface area contributed by atoms with Crippen molar-refractivity contribution in [1.82, 2.24) is 0 Å². The third kappa shape index (κ3) is 3.16. The van der Waals surface area contributed by atoms with Gasteiger partial charge in [0.15, 0.2) is 0 Å². The van der Waals surface area contributed by atoms with Crippen LogP contribution in [0.15, 0.2) is 24.3 Å². The lowest BCUT2D eigenvalue weighted by Gasteiger charge is -2.37. The van der Waals surface area contributed by atoms with Crippen molar-refractivity contribution in [3.63, 3.8) is 0 Å². The van der Waals surface area contributed by atoms with Crippen molar-refractivity contribution < 1.29 is 4.74 Å². The Bertz CT molecular complexity index is 390. The highest BCUT2D eigenvalue weighted by atomic mass is 16.5. The van der Waals surface area contributed by atoms with E-state index < -0.39 is 0 Å². The molecule has 0 aliphatic heterocycles. The van der Waals surface area contributed by atoms with E-state index in [1.54, 1.807) is 7.11 Å². The summed E-state index contributed by atoms with van der Waals surface area (Å²) in [6.45, 7) is 2.87. The molecule has 2 rings (SSSR count). The molecule has 3 nitrogen and oxygen atoms in total. The smallest absolute Gasteiger partial charge is 0.120 e. The van der Waals surface area contributed by atoms with Crippen LogP contribution in [0, 0.1) is 5.92 Å². The Morgan fingerprint density at radius 3 is 2.78 bits per heavy atom. The first-order valence-electron chi connectivity index (χ1n) is 6.77. The largest absolute Gasteiger partial charge is 0.497 e. The number of ether oxygens (including phenoxy) is 1. The molecule has 1 unspecified atom stereocenters. The molecule has 1 atom stereocenters. The van der Waals surface area contributed by atoms with Gasteiger partial charge in [-0.25, -0.2) is 0 Å². The highest BCUT2D eigenvalue weighted by molar-refractivity contribution is 5.50. The van der Waals surface area contributed by atoms with E-state index in [4.69, 9.17) is 10.5 Å². The van der Waals surface area contributed by atoms with E-state index in [0.29, 0.717) is 6.54 Å². The number of hydrogen-bond acceptors (Lipinski definition) is 3. The molecular weight excluding hydrogens is 224 g/mol. The van der Waals surface area contributed by atoms with Crippen LogP contribution in [0.3, 0.4) is 0 Å². The lowest BCUT2D eigenvalue weighted by atomic mass is 9.76. The van der Waals surface area contributed by atoms with Crippen LogP contribution in [-0.4, -0.2) is 19.2 Å². The van der Waals surface area contributed by atoms with Crippen molar-refractivity contribution in [2.24, 2.45) is 11.7 Å². The first-order chi connectivity index (χ1) is 8.65. The Morgan fingerprint density at radius 1 is 1.44 bits per heavy atom. The molecule has 1 aliphatic rings. The van der Waals surface area contributed by atoms with Crippen molar-refractivity contribution in [3.05, 3.63) is 24.3 Å². The third-order valence-electron chi connectivity index (χ3n) is 3.93. The van der Waals surface area contributed by atoms with Crippen LogP contribution < -0.4 is 15.8 Å². The Labute approximate surface area is 110 Å². The summed E-state index contributed by atoms with van der Waals surface area (Å²) in [4.78, 5) is 0. The zero-order chi connectivity index (χ0) is 13.0. The molecular formula is C15H24N2O. The van der Waals surface area contributed by atoms with Gasteiger partial charge >= 0.3 is 0 Å². The molecule has 1 fully saturated rings. The number of anilines is 1. The SMILES string of the molecule is COc1cccc(NC(C)(CN)CC2CCC2)c1. The average Bonchev–Trinajstić information content (AvgIpc) is 2.34. The molecule has 3 N–H and O–H groups in total. The molecule has 1 aromatic rings. The Hall–Kier alpha value is -1.22. The van der Waals surface area contributed by atoms with Gasteiger partial charge < -0.3 is 15.8 Å². The van der Waals surface area contributed by atoms with Gasteiger partial charge in [0.2, 0.25) is 0 Å². The number of rotatable bonds is 6. The molecule has 18 heavy (non-hydrogen) atoms. The van der Waals surface area contributed by atoms with Gasteiger partial charge in [-0.05, 0) is 31.4 Å². The molecule has 0 amide bonds. The minimum atomic E-state index is -0.0164. The zero-order valence-electron chi connectivity index (χ0n) is 11.4. The number of hydrogen-bond donors (Lipinski definition) is 2. The Kier molecular flexibility index (Phi) is 4.12. The van der Waals surface area contributed by atoms with Crippen LogP contribution in [0.4, 0.5) is 5.69 Å². The van der Waals surface area contributed by atoms with Gasteiger partial charge in [0.05, 0.1) is 7.11 Å². The lowest BCUT2D eigenvalue weighted by Crippen LogP contribution is -2.45. The first kappa shape index (κ1) is 13.2. The molecule has 0 saturated heterocycles. The van der Waals surface area contributed by atoms with Gasteiger partial charge in [0, 0.05) is 23.8 Å². The first-order valence-corrected chi connectivity index (χ1v) is 6.77. The van der Waals surface area contributed by atoms with E-state index in [1.807, 2.05) is 18.2 Å². The van der Waals surface area contributed by atoms with Crippen LogP contribution in [0.5, 0.6) is 5.75 Å². The van der Waals surface area contributed by atoms with Crippen LogP contribution >= 0.6 is 0 Å². The predicted molar refractivity (Wildman–Crippen MR) is 76.0 cm³/mol. The van der Waals surface area contributed by atoms with Gasteiger partial charge in [-0.3, -0.25) is 0 Å². The second kappa shape index (κ2) is 5.61. The number of methoxy groups -OCH3 is 1. The lowest BCUT2D eigenvalue weighted by molar-refractivity contribution is 0.248. The van der Waals surface area contributed by atoms with Gasteiger partial charge in [-0.1, -0.05) is 25.3 Å². The molecule has 3 heteroatoms. The van der Waals surface area contributed by atoms with E-state index in [2.05, 4.69) is 18.3 Å². The van der Waals surface area contributed by atoms with Crippen LogP contribution in [0.1, 0.15) is 32.6 Å². The number of nitrogens with two attached hydrogens (primary N) is 1. The van der Waals surface area contributed by atoms with Crippen LogP contribution in [0.2, 0.25) is 0 Å². The molecule has 0 bridgehead atoms. The summed E-state index contributed by atoms with van der Waals surface area (Å²) in [5.41, 5.74) is 7.03. The Balaban J connectivity index is 2.03. The summed E-state index contributed by atoms with van der Waals surface area (Å²) in [6.07, 6.45) is 5.25. The summed E-state index contributed by atoms with van der Waals surface area (Å²) >= 11 is 0. The average molecular weight is 248 g/mol. The monoisotopic (exact) mass is 248 g/mol. The predicted octanol–water partition coefficient (Wildman–Crippen LogP) is 3.01. The summed E-state index contributed by atoms with van der Waals surface area (Å²) in [5, 5.41) is 3.57. The van der Waals surface area contributed by atoms with Crippen molar-refractivity contribution >= 4 is 5.69 Å². The molecule has 1 aromatic carbocycles. The molecule has 0 aromatic heterocycles. The molecule has 0 radical (unpaired) electrons. The van der Waals surface area contributed by atoms with Crippen molar-refractivity contribution in [2.75, 3.05) is 19.0 Å². The van der Waals surface area contributed by atoms with E-state index in [1.165, 1.54) is 19.3 Å². The van der Waals surface area contributed by atoms with Crippen LogP contribution in [0.25, 0.3) is 0 Å². The summed E-state index contributed by atoms with van der Waals surface area (Å²) in [5.74, 6) is 1.72. The minimum Gasteiger partial charge on any atom is -0.497 e. The fourth-order valence-corrected chi connectivity index (χ4v) is 2.57. The summed E-state index contributed by atoms with van der Waals surface area (Å²) in [7, 11) is 1.69. The molecule has 1 saturated carbocycles. The maximum absolute atomic E-state index is 5.96. The quantitative estimate of drug-likeness (QED) is 0.813. The molecule has 0 heterocycles. The molecule has 0 spiro atoms. The zero-order valence-corrected chi connectivity index (χ0v) is 11.4. The third-order valence-corrected chi connectivity index (χ3v) is 3.93. The van der Waals surface area contributed by atoms with Gasteiger partial charge in [-0.15, -0.1) is 0 Å². The summed E-state index contributed by atoms with van der Waals surface area (Å²) < 4.78 is 5.25. The number of nitrogens with one attached hydrogen (secondary N) is 1. The highest BCUT2D eigenvalue weighted by Gasteiger charge is 2.29. The Morgan fingerprint density at radius 2 is 2.22 bits per heavy atom. The second-order valence-electron chi connectivity index (χ2n) is 5.62. The standard InChI is InChI=1S/C15H24N2O/c1-15(11-16,10-12-5-3-6-12)17-13-7-4-8-14(9-13)18-2/h4,7-9,12,17H,3,5-6,10-11,16H2,1-2H3. The normalized spacial score (nSPS) is 18.8. The fraction of sp³-hybridized carbons (Fsp3) is 0.600. The van der Waals surface area contributed by atoms with E-state index in [-0.39, 0.29) is 5.54 Å². The maximum Gasteiger partial charge on any atom is 0.120 e. The van der Waals surface area contributed by atoms with Gasteiger partial charge in [-0.2, -0.15) is 0 Å². The second-order valence-corrected chi connectivity index (χ2v) is 5.62. The molecule has 100 valence electrons. The highest BCUT2D eigenvalue weighted by Crippen LogP contribution is 2.35. The minimum absolute atomic E-state index is 0.0164. The van der Waals surface area contributed by atoms with Crippen molar-refractivity contribution in [3.8, 4) is 5.75 Å². The topological polar surface area (TPSA) is 47.3 Å². The summed E-state index contributed by atoms with van der Waals surface area (Å²) in [6, 6.07) is 8.05. The van der Waals surface area contributed by atoms with Crippen molar-refractivity contribution in [2.45, 2.75) is 38.1 Å². The molecule has 1 aliphatic carbocycles. The van der Waals surface area contributed by atoms with Gasteiger partial charge in [0.1, 0.15) is 5.75 Å². The van der Waals surface area contributed by atoms with E-state index >= 15 is 0 Å². The number of benzene rings is 1. The van der Waals surface area contributed by atoms with Crippen LogP contribution in [-0.2, 0) is 0 Å². The maximum atomic E-state index is 5.96. The fourth-order valence-electron chi connectivity index (χ4n) is 2.57.